The van der Waals surface area contributed by atoms with E-state index in [1.165, 1.54) is 18.2 Å². The number of rotatable bonds is 4. The van der Waals surface area contributed by atoms with Crippen LogP contribution < -0.4 is 4.74 Å². The van der Waals surface area contributed by atoms with E-state index in [2.05, 4.69) is 15.9 Å². The Labute approximate surface area is 133 Å². The third kappa shape index (κ3) is 3.40. The van der Waals surface area contributed by atoms with Crippen LogP contribution in [-0.4, -0.2) is 11.2 Å². The fraction of sp³-hybridized carbons (Fsp3) is 0.0714. The summed E-state index contributed by atoms with van der Waals surface area (Å²) in [6.07, 6.45) is 0.603. The molecule has 0 aliphatic heterocycles. The smallest absolute Gasteiger partial charge is 0.312 e. The molecular formula is C14H9BrClNO4. The quantitative estimate of drug-likeness (QED) is 0.435. The molecule has 0 unspecified atom stereocenters. The Morgan fingerprint density at radius 1 is 1.33 bits per heavy atom. The average Bonchev–Trinajstić information content (AvgIpc) is 2.41. The Morgan fingerprint density at radius 2 is 2.05 bits per heavy atom. The molecule has 0 aromatic heterocycles. The minimum absolute atomic E-state index is 0.0774. The van der Waals surface area contributed by atoms with E-state index in [0.29, 0.717) is 21.3 Å². The molecule has 0 atom stereocenters. The van der Waals surface area contributed by atoms with Gasteiger partial charge >= 0.3 is 5.69 Å². The summed E-state index contributed by atoms with van der Waals surface area (Å²) in [5.74, 6) is 0.250. The van der Waals surface area contributed by atoms with Crippen LogP contribution in [0.15, 0.2) is 34.8 Å². The zero-order valence-electron chi connectivity index (χ0n) is 10.8. The number of benzene rings is 2. The van der Waals surface area contributed by atoms with E-state index >= 15 is 0 Å². The van der Waals surface area contributed by atoms with Crippen LogP contribution in [0, 0.1) is 17.0 Å². The molecule has 5 nitrogen and oxygen atoms in total. The van der Waals surface area contributed by atoms with Crippen molar-refractivity contribution in [2.45, 2.75) is 6.92 Å². The summed E-state index contributed by atoms with van der Waals surface area (Å²) in [6, 6.07) is 7.50. The number of aldehydes is 1. The molecule has 0 radical (unpaired) electrons. The molecule has 0 amide bonds. The van der Waals surface area contributed by atoms with Crippen LogP contribution >= 0.6 is 27.5 Å². The predicted molar refractivity (Wildman–Crippen MR) is 82.4 cm³/mol. The SMILES string of the molecule is Cc1cc(Br)cc([N+](=O)[O-])c1Oc1cc(Cl)ccc1C=O. The van der Waals surface area contributed by atoms with Crippen molar-refractivity contribution in [3.05, 3.63) is 61.1 Å². The molecule has 0 aliphatic rings. The van der Waals surface area contributed by atoms with Crippen LogP contribution in [0.4, 0.5) is 5.69 Å². The maximum absolute atomic E-state index is 11.1. The molecule has 0 N–H and O–H groups in total. The van der Waals surface area contributed by atoms with Gasteiger partial charge in [-0.15, -0.1) is 0 Å². The Kier molecular flexibility index (Phi) is 4.59. The summed E-state index contributed by atoms with van der Waals surface area (Å²) in [5, 5.41) is 11.5. The van der Waals surface area contributed by atoms with Crippen LogP contribution in [0.5, 0.6) is 11.5 Å². The average molecular weight is 371 g/mol. The van der Waals surface area contributed by atoms with Crippen molar-refractivity contribution in [3.63, 3.8) is 0 Å². The lowest BCUT2D eigenvalue weighted by Crippen LogP contribution is -1.98. The number of carbonyl (C=O) groups excluding carboxylic acids is 1. The van der Waals surface area contributed by atoms with Gasteiger partial charge in [-0.05, 0) is 30.7 Å². The van der Waals surface area contributed by atoms with Crippen molar-refractivity contribution in [1.82, 2.24) is 0 Å². The van der Waals surface area contributed by atoms with Gasteiger partial charge in [0.05, 0.1) is 10.5 Å². The molecular weight excluding hydrogens is 362 g/mol. The molecule has 108 valence electrons. The molecule has 7 heteroatoms. The van der Waals surface area contributed by atoms with Crippen LogP contribution in [0.2, 0.25) is 5.02 Å². The fourth-order valence-corrected chi connectivity index (χ4v) is 2.51. The summed E-state index contributed by atoms with van der Waals surface area (Å²) in [4.78, 5) is 21.6. The third-order valence-corrected chi connectivity index (χ3v) is 3.42. The molecule has 0 saturated heterocycles. The molecule has 0 aliphatic carbocycles. The summed E-state index contributed by atoms with van der Waals surface area (Å²) in [5.41, 5.74) is 0.627. The number of hydrogen-bond acceptors (Lipinski definition) is 4. The Morgan fingerprint density at radius 3 is 2.67 bits per heavy atom. The lowest BCUT2D eigenvalue weighted by molar-refractivity contribution is -0.385. The number of halogens is 2. The summed E-state index contributed by atoms with van der Waals surface area (Å²) in [6.45, 7) is 1.68. The van der Waals surface area contributed by atoms with Crippen LogP contribution in [0.3, 0.4) is 0 Å². The molecule has 2 aromatic rings. The topological polar surface area (TPSA) is 69.4 Å². The summed E-state index contributed by atoms with van der Waals surface area (Å²) in [7, 11) is 0. The first-order valence-electron chi connectivity index (χ1n) is 5.79. The maximum atomic E-state index is 11.1. The first kappa shape index (κ1) is 15.5. The highest BCUT2D eigenvalue weighted by molar-refractivity contribution is 9.10. The van der Waals surface area contributed by atoms with E-state index in [-0.39, 0.29) is 22.7 Å². The predicted octanol–water partition coefficient (Wildman–Crippen LogP) is 4.92. The number of hydrogen-bond donors (Lipinski definition) is 0. The number of carbonyl (C=O) groups is 1. The summed E-state index contributed by atoms with van der Waals surface area (Å²) < 4.78 is 6.15. The highest BCUT2D eigenvalue weighted by Crippen LogP contribution is 2.38. The van der Waals surface area contributed by atoms with Crippen molar-refractivity contribution >= 4 is 39.5 Å². The number of nitro benzene ring substituents is 1. The highest BCUT2D eigenvalue weighted by atomic mass is 79.9. The van der Waals surface area contributed by atoms with Crippen molar-refractivity contribution in [1.29, 1.82) is 0 Å². The van der Waals surface area contributed by atoms with E-state index in [1.807, 2.05) is 0 Å². The van der Waals surface area contributed by atoms with E-state index in [0.717, 1.165) is 0 Å². The zero-order valence-corrected chi connectivity index (χ0v) is 13.1. The standard InChI is InChI=1S/C14H9BrClNO4/c1-8-4-10(15)5-12(17(19)20)14(8)21-13-6-11(16)3-2-9(13)7-18/h2-7H,1H3. The minimum atomic E-state index is -0.543. The van der Waals surface area contributed by atoms with Crippen molar-refractivity contribution in [2.24, 2.45) is 0 Å². The van der Waals surface area contributed by atoms with Gasteiger partial charge in [-0.25, -0.2) is 0 Å². The van der Waals surface area contributed by atoms with Crippen molar-refractivity contribution < 1.29 is 14.5 Å². The van der Waals surface area contributed by atoms with E-state index in [9.17, 15) is 14.9 Å². The lowest BCUT2D eigenvalue weighted by Gasteiger charge is -2.11. The van der Waals surface area contributed by atoms with E-state index < -0.39 is 4.92 Å². The highest BCUT2D eigenvalue weighted by Gasteiger charge is 2.20. The maximum Gasteiger partial charge on any atom is 0.312 e. The molecule has 2 rings (SSSR count). The lowest BCUT2D eigenvalue weighted by atomic mass is 10.2. The number of ether oxygens (including phenoxy) is 1. The zero-order chi connectivity index (χ0) is 15.6. The Bertz CT molecular complexity index is 733. The minimum Gasteiger partial charge on any atom is -0.449 e. The van der Waals surface area contributed by atoms with Gasteiger partial charge in [-0.2, -0.15) is 0 Å². The van der Waals surface area contributed by atoms with Crippen molar-refractivity contribution in [2.75, 3.05) is 0 Å². The monoisotopic (exact) mass is 369 g/mol. The van der Waals surface area contributed by atoms with Crippen LogP contribution in [-0.2, 0) is 0 Å². The number of aryl methyl sites for hydroxylation is 1. The molecule has 0 heterocycles. The summed E-state index contributed by atoms with van der Waals surface area (Å²) >= 11 is 9.07. The molecule has 0 spiro atoms. The Balaban J connectivity index is 2.56. The molecule has 0 saturated carbocycles. The van der Waals surface area contributed by atoms with E-state index in [4.69, 9.17) is 16.3 Å². The molecule has 0 fully saturated rings. The largest absolute Gasteiger partial charge is 0.449 e. The van der Waals surface area contributed by atoms with Gasteiger partial charge in [0.25, 0.3) is 0 Å². The van der Waals surface area contributed by atoms with Gasteiger partial charge in [0.2, 0.25) is 5.75 Å². The molecule has 2 aromatic carbocycles. The van der Waals surface area contributed by atoms with Gasteiger partial charge < -0.3 is 4.74 Å². The normalized spacial score (nSPS) is 10.2. The van der Waals surface area contributed by atoms with Crippen LogP contribution in [0.25, 0.3) is 0 Å². The van der Waals surface area contributed by atoms with Crippen LogP contribution in [0.1, 0.15) is 15.9 Å². The van der Waals surface area contributed by atoms with Crippen molar-refractivity contribution in [3.8, 4) is 11.5 Å². The number of nitro groups is 1. The second-order valence-electron chi connectivity index (χ2n) is 4.23. The van der Waals surface area contributed by atoms with Gasteiger partial charge in [0.15, 0.2) is 6.29 Å². The molecule has 21 heavy (non-hydrogen) atoms. The number of nitrogens with zero attached hydrogens (tertiary/aromatic N) is 1. The van der Waals surface area contributed by atoms with Gasteiger partial charge in [0.1, 0.15) is 5.75 Å². The second-order valence-corrected chi connectivity index (χ2v) is 5.58. The molecule has 0 bridgehead atoms. The van der Waals surface area contributed by atoms with E-state index in [1.54, 1.807) is 19.1 Å². The fourth-order valence-electron chi connectivity index (χ4n) is 1.78. The second kappa shape index (κ2) is 6.24. The first-order chi connectivity index (χ1) is 9.92. The third-order valence-electron chi connectivity index (χ3n) is 2.73. The van der Waals surface area contributed by atoms with Gasteiger partial charge in [-0.3, -0.25) is 14.9 Å². The first-order valence-corrected chi connectivity index (χ1v) is 6.96. The Hall–Kier alpha value is -1.92. The van der Waals surface area contributed by atoms with Gasteiger partial charge in [0, 0.05) is 21.6 Å². The van der Waals surface area contributed by atoms with Gasteiger partial charge in [-0.1, -0.05) is 27.5 Å².